The number of rotatable bonds is 5. The molecule has 2 N–H and O–H groups in total. The van der Waals surface area contributed by atoms with Gasteiger partial charge in [0.25, 0.3) is 0 Å². The summed E-state index contributed by atoms with van der Waals surface area (Å²) in [6, 6.07) is 9.69. The van der Waals surface area contributed by atoms with Crippen molar-refractivity contribution in [3.8, 4) is 17.3 Å². The van der Waals surface area contributed by atoms with Gasteiger partial charge < -0.3 is 10.3 Å². The van der Waals surface area contributed by atoms with Crippen LogP contribution in [0.2, 0.25) is 0 Å². The first-order chi connectivity index (χ1) is 9.35. The summed E-state index contributed by atoms with van der Waals surface area (Å²) in [5.74, 6) is 1.82. The predicted molar refractivity (Wildman–Crippen MR) is 73.2 cm³/mol. The zero-order valence-corrected chi connectivity index (χ0v) is 10.7. The van der Waals surface area contributed by atoms with E-state index < -0.39 is 0 Å². The van der Waals surface area contributed by atoms with Crippen LogP contribution in [0.25, 0.3) is 11.3 Å². The van der Waals surface area contributed by atoms with Crippen LogP contribution in [0.5, 0.6) is 0 Å². The van der Waals surface area contributed by atoms with Gasteiger partial charge >= 0.3 is 0 Å². The molecule has 1 fully saturated rings. The monoisotopic (exact) mass is 252 g/mol. The maximum absolute atomic E-state index is 8.90. The minimum atomic E-state index is 0.667. The summed E-state index contributed by atoms with van der Waals surface area (Å²) in [5, 5.41) is 12.3. The molecule has 1 aliphatic rings. The van der Waals surface area contributed by atoms with E-state index in [0.29, 0.717) is 5.56 Å². The van der Waals surface area contributed by atoms with Gasteiger partial charge in [-0.25, -0.2) is 4.98 Å². The Bertz CT molecular complexity index is 605. The van der Waals surface area contributed by atoms with E-state index in [1.54, 1.807) is 6.07 Å². The van der Waals surface area contributed by atoms with E-state index in [0.717, 1.165) is 36.1 Å². The van der Waals surface area contributed by atoms with Gasteiger partial charge in [-0.05, 0) is 37.4 Å². The van der Waals surface area contributed by atoms with Gasteiger partial charge in [-0.15, -0.1) is 0 Å². The van der Waals surface area contributed by atoms with E-state index in [2.05, 4.69) is 21.4 Å². The first kappa shape index (κ1) is 11.9. The largest absolute Gasteiger partial charge is 0.341 e. The summed E-state index contributed by atoms with van der Waals surface area (Å²) < 4.78 is 0. The van der Waals surface area contributed by atoms with Crippen molar-refractivity contribution in [3.05, 3.63) is 41.9 Å². The van der Waals surface area contributed by atoms with Crippen molar-refractivity contribution >= 4 is 0 Å². The number of hydrogen-bond acceptors (Lipinski definition) is 3. The summed E-state index contributed by atoms with van der Waals surface area (Å²) in [6.07, 6.45) is 4.54. The molecular formula is C15H16N4. The first-order valence-electron chi connectivity index (χ1n) is 6.60. The first-order valence-corrected chi connectivity index (χ1v) is 6.60. The van der Waals surface area contributed by atoms with Crippen molar-refractivity contribution in [3.63, 3.8) is 0 Å². The molecule has 0 atom stereocenters. The maximum Gasteiger partial charge on any atom is 0.120 e. The lowest BCUT2D eigenvalue weighted by atomic mass is 10.1. The second kappa shape index (κ2) is 5.25. The zero-order valence-electron chi connectivity index (χ0n) is 10.7. The van der Waals surface area contributed by atoms with Crippen molar-refractivity contribution in [2.75, 3.05) is 6.54 Å². The van der Waals surface area contributed by atoms with Crippen molar-refractivity contribution in [2.45, 2.75) is 19.4 Å². The highest BCUT2D eigenvalue weighted by Crippen LogP contribution is 2.27. The molecule has 0 spiro atoms. The molecule has 1 aliphatic carbocycles. The summed E-state index contributed by atoms with van der Waals surface area (Å²) in [5.41, 5.74) is 2.63. The number of nitriles is 1. The zero-order chi connectivity index (χ0) is 13.1. The topological polar surface area (TPSA) is 64.5 Å². The maximum atomic E-state index is 8.90. The average Bonchev–Trinajstić information content (AvgIpc) is 3.15. The van der Waals surface area contributed by atoms with Crippen molar-refractivity contribution in [1.29, 1.82) is 5.26 Å². The van der Waals surface area contributed by atoms with Crippen molar-refractivity contribution in [1.82, 2.24) is 15.3 Å². The molecule has 4 nitrogen and oxygen atoms in total. The Kier molecular flexibility index (Phi) is 3.30. The molecule has 0 amide bonds. The normalized spacial score (nSPS) is 14.3. The molecule has 4 heteroatoms. The van der Waals surface area contributed by atoms with Crippen LogP contribution in [0.4, 0.5) is 0 Å². The van der Waals surface area contributed by atoms with Gasteiger partial charge in [-0.1, -0.05) is 12.1 Å². The lowest BCUT2D eigenvalue weighted by molar-refractivity contribution is 0.623. The molecule has 3 rings (SSSR count). The number of benzene rings is 1. The van der Waals surface area contributed by atoms with E-state index in [-0.39, 0.29) is 0 Å². The smallest absolute Gasteiger partial charge is 0.120 e. The summed E-state index contributed by atoms with van der Waals surface area (Å²) in [7, 11) is 0. The Hall–Kier alpha value is -2.12. The molecule has 1 saturated carbocycles. The summed E-state index contributed by atoms with van der Waals surface area (Å²) >= 11 is 0. The van der Waals surface area contributed by atoms with Crippen LogP contribution in [0.3, 0.4) is 0 Å². The van der Waals surface area contributed by atoms with Crippen LogP contribution in [-0.4, -0.2) is 16.5 Å². The van der Waals surface area contributed by atoms with E-state index >= 15 is 0 Å². The standard InChI is InChI=1S/C15H16N4/c16-7-12-2-1-3-13(6-12)14-9-18-15(19-14)10-17-8-11-4-5-11/h1-3,6,9,11,17H,4-5,8,10H2,(H,18,19). The lowest BCUT2D eigenvalue weighted by Gasteiger charge is -2.00. The SMILES string of the molecule is N#Cc1cccc(-c2cnc(CNCC3CC3)[nH]2)c1. The molecular weight excluding hydrogens is 236 g/mol. The molecule has 0 unspecified atom stereocenters. The Morgan fingerprint density at radius 3 is 3.11 bits per heavy atom. The van der Waals surface area contributed by atoms with Gasteiger partial charge in [-0.3, -0.25) is 0 Å². The fourth-order valence-corrected chi connectivity index (χ4v) is 2.07. The van der Waals surface area contributed by atoms with Crippen LogP contribution in [0, 0.1) is 17.2 Å². The van der Waals surface area contributed by atoms with Crippen LogP contribution in [0.15, 0.2) is 30.5 Å². The van der Waals surface area contributed by atoms with Gasteiger partial charge in [0.05, 0.1) is 30.1 Å². The third kappa shape index (κ3) is 3.01. The van der Waals surface area contributed by atoms with Crippen LogP contribution in [0.1, 0.15) is 24.2 Å². The van der Waals surface area contributed by atoms with Crippen LogP contribution >= 0.6 is 0 Å². The fraction of sp³-hybridized carbons (Fsp3) is 0.333. The third-order valence-electron chi connectivity index (χ3n) is 3.35. The quantitative estimate of drug-likeness (QED) is 0.859. The number of H-pyrrole nitrogens is 1. The minimum Gasteiger partial charge on any atom is -0.341 e. The van der Waals surface area contributed by atoms with E-state index in [9.17, 15) is 0 Å². The molecule has 0 radical (unpaired) electrons. The Labute approximate surface area is 112 Å². The molecule has 1 heterocycles. The molecule has 96 valence electrons. The Morgan fingerprint density at radius 2 is 2.32 bits per heavy atom. The van der Waals surface area contributed by atoms with Gasteiger partial charge in [-0.2, -0.15) is 5.26 Å². The number of aromatic amines is 1. The average molecular weight is 252 g/mol. The van der Waals surface area contributed by atoms with Gasteiger partial charge in [0, 0.05) is 5.56 Å². The molecule has 1 aromatic heterocycles. The second-order valence-electron chi connectivity index (χ2n) is 5.01. The number of hydrogen-bond donors (Lipinski definition) is 2. The van der Waals surface area contributed by atoms with Gasteiger partial charge in [0.1, 0.15) is 5.82 Å². The minimum absolute atomic E-state index is 0.667. The molecule has 0 saturated heterocycles. The van der Waals surface area contributed by atoms with Crippen molar-refractivity contribution < 1.29 is 0 Å². The van der Waals surface area contributed by atoms with Crippen LogP contribution in [-0.2, 0) is 6.54 Å². The Morgan fingerprint density at radius 1 is 1.42 bits per heavy atom. The molecule has 0 aliphatic heterocycles. The third-order valence-corrected chi connectivity index (χ3v) is 3.35. The lowest BCUT2D eigenvalue weighted by Crippen LogP contribution is -2.16. The Balaban J connectivity index is 1.67. The highest BCUT2D eigenvalue weighted by atomic mass is 15.0. The predicted octanol–water partition coefficient (Wildman–Crippen LogP) is 2.45. The molecule has 19 heavy (non-hydrogen) atoms. The van der Waals surface area contributed by atoms with Gasteiger partial charge in [0.2, 0.25) is 0 Å². The van der Waals surface area contributed by atoms with E-state index in [4.69, 9.17) is 5.26 Å². The highest BCUT2D eigenvalue weighted by molar-refractivity contribution is 5.60. The van der Waals surface area contributed by atoms with Crippen molar-refractivity contribution in [2.24, 2.45) is 5.92 Å². The van der Waals surface area contributed by atoms with E-state index in [1.807, 2.05) is 24.4 Å². The summed E-state index contributed by atoms with van der Waals surface area (Å²) in [4.78, 5) is 7.66. The van der Waals surface area contributed by atoms with Gasteiger partial charge in [0.15, 0.2) is 0 Å². The number of nitrogens with zero attached hydrogens (tertiary/aromatic N) is 2. The number of imidazole rings is 1. The van der Waals surface area contributed by atoms with Crippen LogP contribution < -0.4 is 5.32 Å². The summed E-state index contributed by atoms with van der Waals surface area (Å²) in [6.45, 7) is 1.86. The molecule has 1 aromatic carbocycles. The second-order valence-corrected chi connectivity index (χ2v) is 5.01. The number of aromatic nitrogens is 2. The fourth-order valence-electron chi connectivity index (χ4n) is 2.07. The number of nitrogens with one attached hydrogen (secondary N) is 2. The molecule has 2 aromatic rings. The highest BCUT2D eigenvalue weighted by Gasteiger charge is 2.20. The van der Waals surface area contributed by atoms with E-state index in [1.165, 1.54) is 12.8 Å². The molecule has 0 bridgehead atoms.